The molecule has 0 spiro atoms. The van der Waals surface area contributed by atoms with E-state index in [9.17, 15) is 0 Å². The average Bonchev–Trinajstić information content (AvgIpc) is 2.47. The van der Waals surface area contributed by atoms with E-state index in [1.807, 2.05) is 0 Å². The van der Waals surface area contributed by atoms with Crippen molar-refractivity contribution in [2.75, 3.05) is 6.26 Å². The summed E-state index contributed by atoms with van der Waals surface area (Å²) in [6, 6.07) is 13.3. The van der Waals surface area contributed by atoms with E-state index in [1.165, 1.54) is 32.7 Å². The maximum Gasteiger partial charge on any atom is 0.0500 e. The fourth-order valence-corrected chi connectivity index (χ4v) is 3.25. The molecule has 1 atom stereocenters. The predicted octanol–water partition coefficient (Wildman–Crippen LogP) is 4.08. The third-order valence-corrected chi connectivity index (χ3v) is 4.71. The standard InChI is InChI=1S/C18H24N2S/c1-12-9-13(2)17(14(3)10-12)11-18(20-19)15-5-7-16(21-4)8-6-15/h5-10,18,20H,11,19H2,1-4H3. The zero-order valence-corrected chi connectivity index (χ0v) is 14.1. The van der Waals surface area contributed by atoms with Gasteiger partial charge in [-0.15, -0.1) is 11.8 Å². The summed E-state index contributed by atoms with van der Waals surface area (Å²) in [5.74, 6) is 5.80. The first-order valence-electron chi connectivity index (χ1n) is 7.22. The van der Waals surface area contributed by atoms with Crippen molar-refractivity contribution >= 4 is 11.8 Å². The van der Waals surface area contributed by atoms with Crippen LogP contribution in [-0.4, -0.2) is 6.26 Å². The molecule has 0 aliphatic rings. The molecular weight excluding hydrogens is 276 g/mol. The lowest BCUT2D eigenvalue weighted by molar-refractivity contribution is 0.549. The molecule has 2 rings (SSSR count). The van der Waals surface area contributed by atoms with Gasteiger partial charge in [0.25, 0.3) is 0 Å². The van der Waals surface area contributed by atoms with Crippen molar-refractivity contribution in [2.45, 2.75) is 38.1 Å². The van der Waals surface area contributed by atoms with E-state index >= 15 is 0 Å². The van der Waals surface area contributed by atoms with Gasteiger partial charge in [0.05, 0.1) is 0 Å². The zero-order chi connectivity index (χ0) is 15.4. The molecule has 0 saturated heterocycles. The Labute approximate surface area is 132 Å². The molecule has 0 amide bonds. The lowest BCUT2D eigenvalue weighted by Gasteiger charge is -2.20. The Hall–Kier alpha value is -1.29. The van der Waals surface area contributed by atoms with Crippen molar-refractivity contribution in [3.63, 3.8) is 0 Å². The van der Waals surface area contributed by atoms with E-state index < -0.39 is 0 Å². The van der Waals surface area contributed by atoms with Gasteiger partial charge in [0.2, 0.25) is 0 Å². The number of hydrogen-bond acceptors (Lipinski definition) is 3. The number of rotatable bonds is 5. The minimum absolute atomic E-state index is 0.140. The van der Waals surface area contributed by atoms with Gasteiger partial charge < -0.3 is 0 Å². The third kappa shape index (κ3) is 3.88. The van der Waals surface area contributed by atoms with Gasteiger partial charge in [-0.3, -0.25) is 11.3 Å². The summed E-state index contributed by atoms with van der Waals surface area (Å²) in [7, 11) is 0. The van der Waals surface area contributed by atoms with Crippen molar-refractivity contribution in [1.82, 2.24) is 5.43 Å². The SMILES string of the molecule is CSc1ccc(C(Cc2c(C)cc(C)cc2C)NN)cc1. The molecule has 2 aromatic carbocycles. The van der Waals surface area contributed by atoms with E-state index in [-0.39, 0.29) is 6.04 Å². The van der Waals surface area contributed by atoms with Crippen LogP contribution in [0.1, 0.15) is 33.9 Å². The largest absolute Gasteiger partial charge is 0.271 e. The molecule has 3 N–H and O–H groups in total. The van der Waals surface area contributed by atoms with Gasteiger partial charge in [-0.25, -0.2) is 0 Å². The van der Waals surface area contributed by atoms with Crippen molar-refractivity contribution in [2.24, 2.45) is 5.84 Å². The van der Waals surface area contributed by atoms with Crippen LogP contribution >= 0.6 is 11.8 Å². The quantitative estimate of drug-likeness (QED) is 0.496. The minimum atomic E-state index is 0.140. The van der Waals surface area contributed by atoms with E-state index in [4.69, 9.17) is 5.84 Å². The molecule has 0 radical (unpaired) electrons. The van der Waals surface area contributed by atoms with Crippen LogP contribution in [0.2, 0.25) is 0 Å². The second kappa shape index (κ2) is 7.12. The molecule has 0 heterocycles. The highest BCUT2D eigenvalue weighted by Crippen LogP contribution is 2.25. The number of benzene rings is 2. The van der Waals surface area contributed by atoms with E-state index in [0.717, 1.165) is 6.42 Å². The molecule has 2 aromatic rings. The number of aryl methyl sites for hydroxylation is 3. The lowest BCUT2D eigenvalue weighted by Crippen LogP contribution is -2.30. The third-order valence-electron chi connectivity index (χ3n) is 3.97. The van der Waals surface area contributed by atoms with Gasteiger partial charge in [0.1, 0.15) is 0 Å². The summed E-state index contributed by atoms with van der Waals surface area (Å²) < 4.78 is 0. The second-order valence-corrected chi connectivity index (χ2v) is 6.45. The van der Waals surface area contributed by atoms with E-state index in [0.29, 0.717) is 0 Å². The Morgan fingerprint density at radius 1 is 1.05 bits per heavy atom. The van der Waals surface area contributed by atoms with Crippen LogP contribution in [0.15, 0.2) is 41.3 Å². The number of hydrazine groups is 1. The first-order valence-corrected chi connectivity index (χ1v) is 8.44. The van der Waals surface area contributed by atoms with Crippen molar-refractivity contribution in [3.05, 3.63) is 64.2 Å². The molecule has 0 saturated carbocycles. The molecular formula is C18H24N2S. The Balaban J connectivity index is 2.26. The first-order chi connectivity index (χ1) is 10.0. The van der Waals surface area contributed by atoms with Crippen LogP contribution in [-0.2, 0) is 6.42 Å². The van der Waals surface area contributed by atoms with Crippen molar-refractivity contribution in [3.8, 4) is 0 Å². The smallest absolute Gasteiger partial charge is 0.0500 e. The van der Waals surface area contributed by atoms with Gasteiger partial charge in [-0.2, -0.15) is 0 Å². The van der Waals surface area contributed by atoms with Gasteiger partial charge in [0, 0.05) is 10.9 Å². The van der Waals surface area contributed by atoms with Crippen LogP contribution in [0.5, 0.6) is 0 Å². The molecule has 112 valence electrons. The minimum Gasteiger partial charge on any atom is -0.271 e. The molecule has 3 heteroatoms. The summed E-state index contributed by atoms with van der Waals surface area (Å²) in [6.45, 7) is 6.50. The molecule has 21 heavy (non-hydrogen) atoms. The zero-order valence-electron chi connectivity index (χ0n) is 13.2. The molecule has 0 aromatic heterocycles. The molecule has 0 bridgehead atoms. The van der Waals surface area contributed by atoms with E-state index in [2.05, 4.69) is 68.9 Å². The molecule has 0 fully saturated rings. The second-order valence-electron chi connectivity index (χ2n) is 5.57. The first kappa shape index (κ1) is 16.1. The lowest BCUT2D eigenvalue weighted by atomic mass is 9.92. The van der Waals surface area contributed by atoms with Crippen LogP contribution in [0.3, 0.4) is 0 Å². The monoisotopic (exact) mass is 300 g/mol. The van der Waals surface area contributed by atoms with Gasteiger partial charge in [-0.05, 0) is 67.8 Å². The maximum absolute atomic E-state index is 5.80. The fraction of sp³-hybridized carbons (Fsp3) is 0.333. The van der Waals surface area contributed by atoms with Crippen molar-refractivity contribution in [1.29, 1.82) is 0 Å². The Bertz CT molecular complexity index is 582. The Morgan fingerprint density at radius 3 is 2.10 bits per heavy atom. The average molecular weight is 300 g/mol. The molecule has 0 aliphatic carbocycles. The Kier molecular flexibility index (Phi) is 5.45. The fourth-order valence-electron chi connectivity index (χ4n) is 2.85. The summed E-state index contributed by atoms with van der Waals surface area (Å²) in [5, 5.41) is 0. The normalized spacial score (nSPS) is 12.4. The molecule has 0 aliphatic heterocycles. The number of nitrogens with one attached hydrogen (secondary N) is 1. The van der Waals surface area contributed by atoms with Gasteiger partial charge in [0.15, 0.2) is 0 Å². The number of hydrogen-bond donors (Lipinski definition) is 2. The van der Waals surface area contributed by atoms with Gasteiger partial charge >= 0.3 is 0 Å². The molecule has 1 unspecified atom stereocenters. The van der Waals surface area contributed by atoms with Crippen LogP contribution < -0.4 is 11.3 Å². The number of thioether (sulfide) groups is 1. The van der Waals surface area contributed by atoms with Crippen LogP contribution in [0.25, 0.3) is 0 Å². The number of nitrogens with two attached hydrogens (primary N) is 1. The van der Waals surface area contributed by atoms with Crippen molar-refractivity contribution < 1.29 is 0 Å². The predicted molar refractivity (Wildman–Crippen MR) is 92.6 cm³/mol. The highest BCUT2D eigenvalue weighted by molar-refractivity contribution is 7.98. The summed E-state index contributed by atoms with van der Waals surface area (Å²) >= 11 is 1.76. The highest BCUT2D eigenvalue weighted by Gasteiger charge is 2.14. The topological polar surface area (TPSA) is 38.0 Å². The maximum atomic E-state index is 5.80. The Morgan fingerprint density at radius 2 is 1.62 bits per heavy atom. The van der Waals surface area contributed by atoms with E-state index in [1.54, 1.807) is 11.8 Å². The van der Waals surface area contributed by atoms with Gasteiger partial charge in [-0.1, -0.05) is 29.8 Å². The molecule has 2 nitrogen and oxygen atoms in total. The highest BCUT2D eigenvalue weighted by atomic mass is 32.2. The summed E-state index contributed by atoms with van der Waals surface area (Å²) in [4.78, 5) is 1.28. The summed E-state index contributed by atoms with van der Waals surface area (Å²) in [5.41, 5.74) is 9.58. The van der Waals surface area contributed by atoms with Crippen LogP contribution in [0, 0.1) is 20.8 Å². The summed E-state index contributed by atoms with van der Waals surface area (Å²) in [6.07, 6.45) is 3.00. The van der Waals surface area contributed by atoms with Crippen LogP contribution in [0.4, 0.5) is 0 Å².